The molecule has 1 aromatic carbocycles. The van der Waals surface area contributed by atoms with Crippen molar-refractivity contribution in [2.24, 2.45) is 0 Å². The number of para-hydroxylation sites is 1. The van der Waals surface area contributed by atoms with Crippen LogP contribution in [0, 0.1) is 6.92 Å². The number of halogens is 2. The van der Waals surface area contributed by atoms with Crippen molar-refractivity contribution in [1.82, 2.24) is 10.2 Å². The van der Waals surface area contributed by atoms with Crippen LogP contribution in [-0.4, -0.2) is 37.0 Å². The van der Waals surface area contributed by atoms with E-state index in [1.165, 1.54) is 0 Å². The summed E-state index contributed by atoms with van der Waals surface area (Å²) < 4.78 is 5.73. The van der Waals surface area contributed by atoms with E-state index in [2.05, 4.69) is 5.32 Å². The SMILES string of the molecule is Cc1c(C(=O)N(C)C2CCNC2)oc2c(Cl)cccc12.Cl. The summed E-state index contributed by atoms with van der Waals surface area (Å²) in [6, 6.07) is 5.79. The van der Waals surface area contributed by atoms with Gasteiger partial charge in [-0.3, -0.25) is 4.79 Å². The minimum absolute atomic E-state index is 0. The zero-order valence-electron chi connectivity index (χ0n) is 12.0. The van der Waals surface area contributed by atoms with E-state index >= 15 is 0 Å². The van der Waals surface area contributed by atoms with Gasteiger partial charge in [0.15, 0.2) is 11.3 Å². The van der Waals surface area contributed by atoms with E-state index in [1.807, 2.05) is 26.1 Å². The first-order chi connectivity index (χ1) is 9.59. The Balaban J connectivity index is 0.00000161. The van der Waals surface area contributed by atoms with E-state index in [4.69, 9.17) is 16.0 Å². The van der Waals surface area contributed by atoms with Crippen molar-refractivity contribution in [3.8, 4) is 0 Å². The monoisotopic (exact) mass is 328 g/mol. The van der Waals surface area contributed by atoms with Crippen LogP contribution in [0.2, 0.25) is 5.02 Å². The van der Waals surface area contributed by atoms with Gasteiger partial charge >= 0.3 is 0 Å². The molecule has 0 bridgehead atoms. The van der Waals surface area contributed by atoms with Crippen molar-refractivity contribution in [3.05, 3.63) is 34.5 Å². The molecule has 1 unspecified atom stereocenters. The summed E-state index contributed by atoms with van der Waals surface area (Å²) in [6.45, 7) is 3.69. The molecule has 21 heavy (non-hydrogen) atoms. The second-order valence-electron chi connectivity index (χ2n) is 5.24. The molecule has 6 heteroatoms. The Morgan fingerprint density at radius 3 is 2.86 bits per heavy atom. The van der Waals surface area contributed by atoms with Crippen LogP contribution in [-0.2, 0) is 0 Å². The number of hydrogen-bond donors (Lipinski definition) is 1. The molecule has 1 aliphatic rings. The van der Waals surface area contributed by atoms with Crippen molar-refractivity contribution in [3.63, 3.8) is 0 Å². The molecule has 4 nitrogen and oxygen atoms in total. The number of amides is 1. The van der Waals surface area contributed by atoms with Gasteiger partial charge in [0.1, 0.15) is 0 Å². The molecule has 1 saturated heterocycles. The molecule has 3 rings (SSSR count). The van der Waals surface area contributed by atoms with Crippen LogP contribution in [0.3, 0.4) is 0 Å². The molecule has 1 amide bonds. The van der Waals surface area contributed by atoms with Crippen molar-refractivity contribution < 1.29 is 9.21 Å². The van der Waals surface area contributed by atoms with Gasteiger partial charge in [-0.15, -0.1) is 12.4 Å². The Labute approximate surface area is 134 Å². The largest absolute Gasteiger partial charge is 0.449 e. The summed E-state index contributed by atoms with van der Waals surface area (Å²) in [5.74, 6) is 0.311. The molecule has 1 fully saturated rings. The number of fused-ring (bicyclic) bond motifs is 1. The van der Waals surface area contributed by atoms with Crippen LogP contribution in [0.15, 0.2) is 22.6 Å². The molecule has 2 heterocycles. The predicted octanol–water partition coefficient (Wildman–Crippen LogP) is 3.25. The maximum Gasteiger partial charge on any atom is 0.289 e. The fourth-order valence-electron chi connectivity index (χ4n) is 2.71. The predicted molar refractivity (Wildman–Crippen MR) is 86.6 cm³/mol. The molecular formula is C15H18Cl2N2O2. The molecule has 0 saturated carbocycles. The van der Waals surface area contributed by atoms with E-state index < -0.39 is 0 Å². The fraction of sp³-hybridized carbons (Fsp3) is 0.400. The van der Waals surface area contributed by atoms with E-state index in [0.29, 0.717) is 16.4 Å². The molecule has 2 aromatic rings. The Kier molecular flexibility index (Phi) is 4.81. The van der Waals surface area contributed by atoms with E-state index in [9.17, 15) is 4.79 Å². The van der Waals surface area contributed by atoms with Crippen LogP contribution in [0.1, 0.15) is 22.5 Å². The lowest BCUT2D eigenvalue weighted by atomic mass is 10.1. The maximum absolute atomic E-state index is 12.6. The van der Waals surface area contributed by atoms with Crippen LogP contribution in [0.4, 0.5) is 0 Å². The molecule has 0 radical (unpaired) electrons. The number of benzene rings is 1. The number of carbonyl (C=O) groups excluding carboxylic acids is 1. The van der Waals surface area contributed by atoms with Gasteiger partial charge < -0.3 is 14.6 Å². The van der Waals surface area contributed by atoms with Crippen LogP contribution in [0.25, 0.3) is 11.0 Å². The summed E-state index contributed by atoms with van der Waals surface area (Å²) in [7, 11) is 1.83. The second-order valence-corrected chi connectivity index (χ2v) is 5.64. The summed E-state index contributed by atoms with van der Waals surface area (Å²) in [4.78, 5) is 14.4. The molecule has 0 spiro atoms. The van der Waals surface area contributed by atoms with E-state index in [1.54, 1.807) is 11.0 Å². The van der Waals surface area contributed by atoms with Gasteiger partial charge in [0.2, 0.25) is 0 Å². The number of furan rings is 1. The molecule has 1 aliphatic heterocycles. The second kappa shape index (κ2) is 6.26. The zero-order valence-corrected chi connectivity index (χ0v) is 13.6. The van der Waals surface area contributed by atoms with Crippen molar-refractivity contribution in [2.45, 2.75) is 19.4 Å². The quantitative estimate of drug-likeness (QED) is 0.920. The summed E-state index contributed by atoms with van der Waals surface area (Å²) in [5.41, 5.74) is 1.44. The first-order valence-corrected chi connectivity index (χ1v) is 7.13. The van der Waals surface area contributed by atoms with Gasteiger partial charge in [-0.05, 0) is 26.0 Å². The highest BCUT2D eigenvalue weighted by Crippen LogP contribution is 2.31. The average molecular weight is 329 g/mol. The number of rotatable bonds is 2. The Hall–Kier alpha value is -1.23. The maximum atomic E-state index is 12.6. The molecule has 1 aromatic heterocycles. The molecule has 114 valence electrons. The fourth-order valence-corrected chi connectivity index (χ4v) is 2.92. The van der Waals surface area contributed by atoms with Crippen LogP contribution >= 0.6 is 24.0 Å². The van der Waals surface area contributed by atoms with Crippen molar-refractivity contribution in [1.29, 1.82) is 0 Å². The molecule has 0 aliphatic carbocycles. The Morgan fingerprint density at radius 2 is 2.24 bits per heavy atom. The number of aryl methyl sites for hydroxylation is 1. The number of nitrogens with zero attached hydrogens (tertiary/aromatic N) is 1. The van der Waals surface area contributed by atoms with E-state index in [-0.39, 0.29) is 24.4 Å². The summed E-state index contributed by atoms with van der Waals surface area (Å²) in [6.07, 6.45) is 0.974. The molecular weight excluding hydrogens is 311 g/mol. The number of likely N-dealkylation sites (N-methyl/N-ethyl adjacent to an activating group) is 1. The first kappa shape index (κ1) is 16.1. The summed E-state index contributed by atoms with van der Waals surface area (Å²) >= 11 is 6.13. The summed E-state index contributed by atoms with van der Waals surface area (Å²) in [5, 5.41) is 4.70. The van der Waals surface area contributed by atoms with Crippen molar-refractivity contribution in [2.75, 3.05) is 20.1 Å². The van der Waals surface area contributed by atoms with Gasteiger partial charge in [-0.1, -0.05) is 23.7 Å². The van der Waals surface area contributed by atoms with Gasteiger partial charge in [-0.2, -0.15) is 0 Å². The highest BCUT2D eigenvalue weighted by atomic mass is 35.5. The normalized spacial score (nSPS) is 17.8. The average Bonchev–Trinajstić information content (AvgIpc) is 3.07. The minimum Gasteiger partial charge on any atom is -0.449 e. The van der Waals surface area contributed by atoms with Crippen LogP contribution < -0.4 is 5.32 Å². The first-order valence-electron chi connectivity index (χ1n) is 6.75. The van der Waals surface area contributed by atoms with Gasteiger partial charge in [0.25, 0.3) is 5.91 Å². The lowest BCUT2D eigenvalue weighted by Crippen LogP contribution is -2.38. The molecule has 1 atom stereocenters. The smallest absolute Gasteiger partial charge is 0.289 e. The topological polar surface area (TPSA) is 45.5 Å². The Bertz CT molecular complexity index is 663. The number of nitrogens with one attached hydrogen (secondary N) is 1. The van der Waals surface area contributed by atoms with E-state index in [0.717, 1.165) is 30.5 Å². The third-order valence-corrected chi connectivity index (χ3v) is 4.31. The zero-order chi connectivity index (χ0) is 14.3. The third kappa shape index (κ3) is 2.76. The van der Waals surface area contributed by atoms with Gasteiger partial charge in [0, 0.05) is 30.6 Å². The van der Waals surface area contributed by atoms with Crippen LogP contribution in [0.5, 0.6) is 0 Å². The molecule has 1 N–H and O–H groups in total. The van der Waals surface area contributed by atoms with Gasteiger partial charge in [0.05, 0.1) is 5.02 Å². The standard InChI is InChI=1S/C15H17ClN2O2.ClH/c1-9-11-4-3-5-12(16)14(11)20-13(9)15(19)18(2)10-6-7-17-8-10;/h3-5,10,17H,6-8H2,1-2H3;1H. The lowest BCUT2D eigenvalue weighted by molar-refractivity contribution is 0.0713. The highest BCUT2D eigenvalue weighted by Gasteiger charge is 2.28. The number of hydrogen-bond acceptors (Lipinski definition) is 3. The van der Waals surface area contributed by atoms with Crippen molar-refractivity contribution >= 4 is 40.9 Å². The third-order valence-electron chi connectivity index (χ3n) is 4.01. The number of carbonyl (C=O) groups is 1. The lowest BCUT2D eigenvalue weighted by Gasteiger charge is -2.22. The minimum atomic E-state index is -0.0801. The highest BCUT2D eigenvalue weighted by molar-refractivity contribution is 6.35. The Morgan fingerprint density at radius 1 is 1.48 bits per heavy atom. The van der Waals surface area contributed by atoms with Gasteiger partial charge in [-0.25, -0.2) is 0 Å².